The van der Waals surface area contributed by atoms with Gasteiger partial charge in [-0.15, -0.1) is 0 Å². The molecule has 0 heterocycles. The van der Waals surface area contributed by atoms with Gasteiger partial charge in [0.1, 0.15) is 12.7 Å². The fourth-order valence-electron chi connectivity index (χ4n) is 4.71. The maximum atomic E-state index is 12.6. The molecule has 0 aromatic rings. The normalized spacial score (nSPS) is 15.5. The number of aliphatic hydroxyl groups excluding tert-OH is 2. The Kier molecular flexibility index (Phi) is 32.5. The zero-order valence-corrected chi connectivity index (χ0v) is 34.8. The van der Waals surface area contributed by atoms with Gasteiger partial charge in [-0.2, -0.15) is 0 Å². The first-order chi connectivity index (χ1) is 26.1. The average molecular weight is 823 g/mol. The van der Waals surface area contributed by atoms with Gasteiger partial charge < -0.3 is 34.4 Å². The second kappa shape index (κ2) is 33.9. The molecule has 0 radical (unpaired) electrons. The lowest BCUT2D eigenvalue weighted by Gasteiger charge is -2.20. The second-order valence-corrected chi connectivity index (χ2v) is 16.2. The first-order valence-electron chi connectivity index (χ1n) is 19.4. The standard InChI is InChI=1S/C39H68O14P2/c1-4-5-6-7-16-21-26-35(40)27-22-17-12-8-9-13-19-24-29-39(43)53-37(33-52-55(47,48)51-31-36(41)30-50-54(44,45)46)32-49-38(42)28-23-18-14-10-11-15-20-25-34(2)3/h5-6,9,12-13,16-17,21-22,27,34-37,40-41H,4,7-8,10-11,14-15,18-20,23-26,28-33H2,1-3H3,(H,47,48)(H2,44,45,46)/b6-5-,13-9-,17-12-,21-16-,27-22+/t35?,36-,37+/m0/s1. The third-order valence-corrected chi connectivity index (χ3v) is 9.11. The van der Waals surface area contributed by atoms with Gasteiger partial charge in [0.25, 0.3) is 0 Å². The van der Waals surface area contributed by atoms with Crippen LogP contribution in [0.1, 0.15) is 124 Å². The van der Waals surface area contributed by atoms with Crippen molar-refractivity contribution < 1.29 is 66.7 Å². The summed E-state index contributed by atoms with van der Waals surface area (Å²) in [4.78, 5) is 52.4. The van der Waals surface area contributed by atoms with Crippen molar-refractivity contribution in [3.63, 3.8) is 0 Å². The molecule has 16 heteroatoms. The number of rotatable bonds is 35. The van der Waals surface area contributed by atoms with E-state index in [2.05, 4.69) is 42.0 Å². The van der Waals surface area contributed by atoms with E-state index in [-0.39, 0.29) is 12.8 Å². The van der Waals surface area contributed by atoms with Crippen LogP contribution in [0.15, 0.2) is 60.8 Å². The maximum absolute atomic E-state index is 12.6. The average Bonchev–Trinajstić information content (AvgIpc) is 3.12. The largest absolute Gasteiger partial charge is 0.472 e. The number of carbonyl (C=O) groups is 2. The number of carbonyl (C=O) groups excluding carboxylic acids is 2. The van der Waals surface area contributed by atoms with Crippen molar-refractivity contribution in [2.45, 2.75) is 142 Å². The Morgan fingerprint density at radius 3 is 1.95 bits per heavy atom. The quantitative estimate of drug-likeness (QED) is 0.0134. The summed E-state index contributed by atoms with van der Waals surface area (Å²) in [7, 11) is -9.71. The molecule has 0 aliphatic rings. The van der Waals surface area contributed by atoms with Crippen molar-refractivity contribution in [3.8, 4) is 0 Å². The summed E-state index contributed by atoms with van der Waals surface area (Å²) < 4.78 is 47.5. The van der Waals surface area contributed by atoms with Crippen LogP contribution in [0.25, 0.3) is 0 Å². The Hall–Kier alpha value is -2.22. The van der Waals surface area contributed by atoms with E-state index < -0.39 is 72.3 Å². The van der Waals surface area contributed by atoms with E-state index in [9.17, 15) is 33.8 Å². The second-order valence-electron chi connectivity index (χ2n) is 13.5. The van der Waals surface area contributed by atoms with Gasteiger partial charge in [-0.05, 0) is 50.9 Å². The predicted molar refractivity (Wildman–Crippen MR) is 213 cm³/mol. The van der Waals surface area contributed by atoms with Crippen LogP contribution in [0.2, 0.25) is 0 Å². The number of unbranched alkanes of at least 4 members (excludes halogenated alkanes) is 7. The summed E-state index contributed by atoms with van der Waals surface area (Å²) in [5.41, 5.74) is 0. The number of hydrogen-bond donors (Lipinski definition) is 5. The Morgan fingerprint density at radius 2 is 1.25 bits per heavy atom. The minimum absolute atomic E-state index is 0.0190. The molecule has 5 N–H and O–H groups in total. The fourth-order valence-corrected chi connectivity index (χ4v) is 5.87. The lowest BCUT2D eigenvalue weighted by atomic mass is 10.0. The molecule has 318 valence electrons. The first-order valence-corrected chi connectivity index (χ1v) is 22.5. The summed E-state index contributed by atoms with van der Waals surface area (Å²) in [5, 5.41) is 19.7. The summed E-state index contributed by atoms with van der Waals surface area (Å²) in [5.74, 6) is -0.435. The van der Waals surface area contributed by atoms with Crippen LogP contribution in [-0.2, 0) is 41.8 Å². The van der Waals surface area contributed by atoms with Crippen molar-refractivity contribution >= 4 is 27.6 Å². The number of hydrogen-bond acceptors (Lipinski definition) is 11. The number of phosphoric acid groups is 2. The van der Waals surface area contributed by atoms with Gasteiger partial charge in [-0.1, -0.05) is 126 Å². The molecule has 4 atom stereocenters. The van der Waals surface area contributed by atoms with Crippen LogP contribution in [-0.4, -0.2) is 81.6 Å². The molecule has 0 saturated carbocycles. The van der Waals surface area contributed by atoms with Crippen LogP contribution in [0, 0.1) is 5.92 Å². The number of phosphoric ester groups is 2. The third-order valence-electron chi connectivity index (χ3n) is 7.67. The molecule has 2 unspecified atom stereocenters. The highest BCUT2D eigenvalue weighted by molar-refractivity contribution is 7.47. The van der Waals surface area contributed by atoms with Crippen molar-refractivity contribution in [2.24, 2.45) is 5.92 Å². The van der Waals surface area contributed by atoms with Crippen molar-refractivity contribution in [1.29, 1.82) is 0 Å². The molecule has 0 bridgehead atoms. The zero-order valence-electron chi connectivity index (χ0n) is 33.0. The van der Waals surface area contributed by atoms with Gasteiger partial charge in [0.2, 0.25) is 0 Å². The molecule has 0 amide bonds. The first kappa shape index (κ1) is 52.8. The molecular weight excluding hydrogens is 754 g/mol. The molecule has 0 aromatic carbocycles. The smallest absolute Gasteiger partial charge is 0.462 e. The Balaban J connectivity index is 4.75. The molecule has 0 aliphatic heterocycles. The summed E-state index contributed by atoms with van der Waals surface area (Å²) in [6, 6.07) is 0. The van der Waals surface area contributed by atoms with E-state index in [1.165, 1.54) is 19.3 Å². The number of allylic oxidation sites excluding steroid dienone is 8. The van der Waals surface area contributed by atoms with Crippen LogP contribution >= 0.6 is 15.6 Å². The third kappa shape index (κ3) is 38.4. The lowest BCUT2D eigenvalue weighted by Crippen LogP contribution is -2.29. The molecule has 0 rings (SSSR count). The van der Waals surface area contributed by atoms with Gasteiger partial charge in [-0.25, -0.2) is 9.13 Å². The number of esters is 2. The highest BCUT2D eigenvalue weighted by Gasteiger charge is 2.28. The Labute approximate surface area is 328 Å². The molecule has 0 saturated heterocycles. The molecule has 55 heavy (non-hydrogen) atoms. The molecule has 0 spiro atoms. The summed E-state index contributed by atoms with van der Waals surface area (Å²) >= 11 is 0. The van der Waals surface area contributed by atoms with Gasteiger partial charge in [0.05, 0.1) is 25.9 Å². The van der Waals surface area contributed by atoms with Gasteiger partial charge in [-0.3, -0.25) is 23.2 Å². The van der Waals surface area contributed by atoms with E-state index in [4.69, 9.17) is 23.8 Å². The monoisotopic (exact) mass is 822 g/mol. The van der Waals surface area contributed by atoms with Crippen LogP contribution < -0.4 is 0 Å². The van der Waals surface area contributed by atoms with Crippen LogP contribution in [0.4, 0.5) is 0 Å². The van der Waals surface area contributed by atoms with Gasteiger partial charge >= 0.3 is 27.6 Å². The molecule has 0 aromatic heterocycles. The lowest BCUT2D eigenvalue weighted by molar-refractivity contribution is -0.161. The molecular formula is C39H68O14P2. The maximum Gasteiger partial charge on any atom is 0.472 e. The Bertz CT molecular complexity index is 1240. The molecule has 0 fully saturated rings. The number of ether oxygens (including phenoxy) is 2. The highest BCUT2D eigenvalue weighted by atomic mass is 31.2. The van der Waals surface area contributed by atoms with E-state index in [0.717, 1.165) is 38.5 Å². The zero-order chi connectivity index (χ0) is 41.2. The minimum atomic E-state index is -4.87. The van der Waals surface area contributed by atoms with Crippen LogP contribution in [0.5, 0.6) is 0 Å². The molecule has 14 nitrogen and oxygen atoms in total. The van der Waals surface area contributed by atoms with Crippen LogP contribution in [0.3, 0.4) is 0 Å². The summed E-state index contributed by atoms with van der Waals surface area (Å²) in [6.07, 6.45) is 28.6. The molecule has 0 aliphatic carbocycles. The SMILES string of the molecule is CC/C=C\C/C=C\CC(O)/C=C/C=C\C/C=C\CCCC(=O)O[C@H](COC(=O)CCCCCCCCCC(C)C)COP(=O)(O)OC[C@@H](O)COP(=O)(O)O. The number of aliphatic hydroxyl groups is 2. The minimum Gasteiger partial charge on any atom is -0.462 e. The van der Waals surface area contributed by atoms with Gasteiger partial charge in [0.15, 0.2) is 6.10 Å². The van der Waals surface area contributed by atoms with Gasteiger partial charge in [0, 0.05) is 12.8 Å². The predicted octanol–water partition coefficient (Wildman–Crippen LogP) is 8.10. The van der Waals surface area contributed by atoms with Crippen molar-refractivity contribution in [3.05, 3.63) is 60.8 Å². The van der Waals surface area contributed by atoms with Crippen molar-refractivity contribution in [2.75, 3.05) is 26.4 Å². The van der Waals surface area contributed by atoms with E-state index >= 15 is 0 Å². The summed E-state index contributed by atoms with van der Waals surface area (Å²) in [6.45, 7) is 3.69. The van der Waals surface area contributed by atoms with E-state index in [1.807, 2.05) is 36.5 Å². The van der Waals surface area contributed by atoms with E-state index in [0.29, 0.717) is 38.0 Å². The fraction of sp³-hybridized carbons (Fsp3) is 0.692. The Morgan fingerprint density at radius 1 is 0.655 bits per heavy atom. The topological polar surface area (TPSA) is 216 Å². The highest BCUT2D eigenvalue weighted by Crippen LogP contribution is 2.43. The van der Waals surface area contributed by atoms with Crippen molar-refractivity contribution in [1.82, 2.24) is 0 Å². The van der Waals surface area contributed by atoms with E-state index in [1.54, 1.807) is 12.2 Å².